The molecular weight excluding hydrogens is 408 g/mol. The molecule has 3 nitrogen and oxygen atoms in total. The molecule has 0 aromatic heterocycles. The molecule has 2 N–H and O–H groups in total. The Labute approximate surface area is 202 Å². The van der Waals surface area contributed by atoms with Gasteiger partial charge in [-0.05, 0) is 75.2 Å². The summed E-state index contributed by atoms with van der Waals surface area (Å²) in [7, 11) is 0. The van der Waals surface area contributed by atoms with E-state index >= 15 is 0 Å². The third kappa shape index (κ3) is 9.27. The summed E-state index contributed by atoms with van der Waals surface area (Å²) in [6.45, 7) is 3.90. The minimum absolute atomic E-state index is 0.00918. The van der Waals surface area contributed by atoms with Crippen LogP contribution in [0.5, 0.6) is 0 Å². The van der Waals surface area contributed by atoms with Gasteiger partial charge in [0.05, 0.1) is 12.0 Å². The lowest BCUT2D eigenvalue weighted by atomic mass is 9.68. The van der Waals surface area contributed by atoms with E-state index < -0.39 is 18.0 Å². The van der Waals surface area contributed by atoms with Crippen molar-refractivity contribution in [3.63, 3.8) is 0 Å². The lowest BCUT2D eigenvalue weighted by Gasteiger charge is -2.37. The molecule has 1 aromatic rings. The van der Waals surface area contributed by atoms with Gasteiger partial charge in [0.1, 0.15) is 0 Å². The largest absolute Gasteiger partial charge is 0.481 e. The third-order valence-electron chi connectivity index (χ3n) is 7.75. The van der Waals surface area contributed by atoms with Crippen molar-refractivity contribution in [1.29, 1.82) is 0 Å². The Morgan fingerprint density at radius 1 is 0.970 bits per heavy atom. The molecule has 1 saturated carbocycles. The van der Waals surface area contributed by atoms with Crippen molar-refractivity contribution < 1.29 is 15.0 Å². The second-order valence-corrected chi connectivity index (χ2v) is 10.4. The highest BCUT2D eigenvalue weighted by Gasteiger charge is 2.42. The SMILES string of the molecule is CCCCCCC=CCCCCC[C@H](CC1(c2ccccc2)CCCC1)[C@H](C(=O)O)[C@H](C)O. The highest BCUT2D eigenvalue weighted by molar-refractivity contribution is 5.71. The van der Waals surface area contributed by atoms with Gasteiger partial charge < -0.3 is 10.2 Å². The molecule has 1 fully saturated rings. The minimum Gasteiger partial charge on any atom is -0.481 e. The first-order chi connectivity index (χ1) is 16.0. The van der Waals surface area contributed by atoms with Gasteiger partial charge in [-0.3, -0.25) is 4.79 Å². The summed E-state index contributed by atoms with van der Waals surface area (Å²) in [4.78, 5) is 12.1. The zero-order chi connectivity index (χ0) is 23.9. The molecule has 0 saturated heterocycles. The molecule has 1 aliphatic rings. The molecule has 0 aliphatic heterocycles. The Morgan fingerprint density at radius 2 is 1.58 bits per heavy atom. The maximum atomic E-state index is 12.1. The summed E-state index contributed by atoms with van der Waals surface area (Å²) in [5.74, 6) is -1.52. The van der Waals surface area contributed by atoms with Gasteiger partial charge in [0.25, 0.3) is 0 Å². The molecule has 0 heterocycles. The zero-order valence-corrected chi connectivity index (χ0v) is 21.2. The molecule has 33 heavy (non-hydrogen) atoms. The number of benzene rings is 1. The fourth-order valence-corrected chi connectivity index (χ4v) is 5.94. The van der Waals surface area contributed by atoms with Gasteiger partial charge in [-0.2, -0.15) is 0 Å². The van der Waals surface area contributed by atoms with Crippen LogP contribution in [0.4, 0.5) is 0 Å². The van der Waals surface area contributed by atoms with Crippen LogP contribution in [0.15, 0.2) is 42.5 Å². The topological polar surface area (TPSA) is 57.5 Å². The highest BCUT2D eigenvalue weighted by Crippen LogP contribution is 2.48. The van der Waals surface area contributed by atoms with Crippen molar-refractivity contribution >= 4 is 5.97 Å². The molecule has 0 radical (unpaired) electrons. The number of carboxylic acid groups (broad SMARTS) is 1. The van der Waals surface area contributed by atoms with Crippen molar-refractivity contribution in [2.24, 2.45) is 11.8 Å². The number of unbranched alkanes of at least 4 members (excludes halogenated alkanes) is 7. The second-order valence-electron chi connectivity index (χ2n) is 10.4. The first-order valence-electron chi connectivity index (χ1n) is 13.6. The van der Waals surface area contributed by atoms with Gasteiger partial charge in [0, 0.05) is 0 Å². The fourth-order valence-electron chi connectivity index (χ4n) is 5.94. The summed E-state index contributed by atoms with van der Waals surface area (Å²) < 4.78 is 0. The number of rotatable bonds is 17. The normalized spacial score (nSPS) is 18.4. The number of hydrogen-bond acceptors (Lipinski definition) is 2. The van der Waals surface area contributed by atoms with Gasteiger partial charge in [-0.15, -0.1) is 0 Å². The van der Waals surface area contributed by atoms with Gasteiger partial charge in [-0.1, -0.05) is 94.4 Å². The van der Waals surface area contributed by atoms with E-state index in [2.05, 4.69) is 49.4 Å². The van der Waals surface area contributed by atoms with Crippen LogP contribution < -0.4 is 0 Å². The molecule has 3 heteroatoms. The summed E-state index contributed by atoms with van der Waals surface area (Å²) >= 11 is 0. The lowest BCUT2D eigenvalue weighted by molar-refractivity contribution is -0.148. The number of carboxylic acids is 1. The van der Waals surface area contributed by atoms with Crippen LogP contribution in [0.3, 0.4) is 0 Å². The predicted molar refractivity (Wildman–Crippen MR) is 138 cm³/mol. The van der Waals surface area contributed by atoms with Crippen LogP contribution >= 0.6 is 0 Å². The van der Waals surface area contributed by atoms with Crippen LogP contribution in [0, 0.1) is 11.8 Å². The summed E-state index contributed by atoms with van der Waals surface area (Å²) in [5.41, 5.74) is 1.42. The molecule has 2 rings (SSSR count). The Bertz CT molecular complexity index is 673. The van der Waals surface area contributed by atoms with Gasteiger partial charge >= 0.3 is 5.97 Å². The maximum Gasteiger partial charge on any atom is 0.309 e. The van der Waals surface area contributed by atoms with Crippen LogP contribution in [0.25, 0.3) is 0 Å². The van der Waals surface area contributed by atoms with Crippen LogP contribution in [-0.2, 0) is 10.2 Å². The minimum atomic E-state index is -0.845. The molecule has 0 bridgehead atoms. The lowest BCUT2D eigenvalue weighted by Crippen LogP contribution is -2.37. The average Bonchev–Trinajstić information content (AvgIpc) is 3.27. The second kappa shape index (κ2) is 15.3. The quantitative estimate of drug-likeness (QED) is 0.184. The van der Waals surface area contributed by atoms with E-state index in [4.69, 9.17) is 0 Å². The predicted octanol–water partition coefficient (Wildman–Crippen LogP) is 8.06. The molecule has 0 amide bonds. The van der Waals surface area contributed by atoms with E-state index in [0.717, 1.165) is 51.4 Å². The van der Waals surface area contributed by atoms with E-state index in [-0.39, 0.29) is 11.3 Å². The zero-order valence-electron chi connectivity index (χ0n) is 21.2. The summed E-state index contributed by atoms with van der Waals surface area (Å²) in [6, 6.07) is 10.7. The number of aliphatic hydroxyl groups excluding tert-OH is 1. The van der Waals surface area contributed by atoms with E-state index in [1.807, 2.05) is 0 Å². The van der Waals surface area contributed by atoms with Crippen molar-refractivity contribution in [3.05, 3.63) is 48.0 Å². The molecule has 3 atom stereocenters. The van der Waals surface area contributed by atoms with Crippen molar-refractivity contribution in [1.82, 2.24) is 0 Å². The monoisotopic (exact) mass is 456 g/mol. The number of aliphatic carboxylic acids is 1. The molecule has 1 aromatic carbocycles. The number of hydrogen-bond donors (Lipinski definition) is 2. The molecule has 1 aliphatic carbocycles. The maximum absolute atomic E-state index is 12.1. The van der Waals surface area contributed by atoms with Crippen LogP contribution in [-0.4, -0.2) is 22.3 Å². The van der Waals surface area contributed by atoms with Crippen LogP contribution in [0.1, 0.15) is 116 Å². The molecule has 186 valence electrons. The standard InChI is InChI=1S/C30H48O3/c1-3-4-5-6-7-8-9-10-11-12-14-19-26(28(25(2)31)29(32)33)24-30(22-17-18-23-30)27-20-15-13-16-21-27/h8-9,13,15-16,20-21,25-26,28,31H,3-7,10-12,14,17-19,22-24H2,1-2H3,(H,32,33)/t25-,26+,28+/m0/s1. The van der Waals surface area contributed by atoms with Crippen molar-refractivity contribution in [2.75, 3.05) is 0 Å². The third-order valence-corrected chi connectivity index (χ3v) is 7.75. The number of allylic oxidation sites excluding steroid dienone is 2. The molecule has 0 spiro atoms. The van der Waals surface area contributed by atoms with E-state index in [1.165, 1.54) is 50.5 Å². The Morgan fingerprint density at radius 3 is 2.12 bits per heavy atom. The van der Waals surface area contributed by atoms with Crippen molar-refractivity contribution in [3.8, 4) is 0 Å². The first-order valence-corrected chi connectivity index (χ1v) is 13.6. The van der Waals surface area contributed by atoms with Gasteiger partial charge in [0.2, 0.25) is 0 Å². The molecule has 0 unspecified atom stereocenters. The van der Waals surface area contributed by atoms with E-state index in [9.17, 15) is 15.0 Å². The van der Waals surface area contributed by atoms with Gasteiger partial charge in [-0.25, -0.2) is 0 Å². The number of carbonyl (C=O) groups is 1. The Kier molecular flexibility index (Phi) is 12.8. The molecular formula is C30H48O3. The van der Waals surface area contributed by atoms with E-state index in [1.54, 1.807) is 6.92 Å². The van der Waals surface area contributed by atoms with Gasteiger partial charge in [0.15, 0.2) is 0 Å². The average molecular weight is 457 g/mol. The summed E-state index contributed by atoms with van der Waals surface area (Å²) in [5, 5.41) is 20.3. The first kappa shape index (κ1) is 27.6. The summed E-state index contributed by atoms with van der Waals surface area (Å²) in [6.07, 6.45) is 21.1. The highest BCUT2D eigenvalue weighted by atomic mass is 16.4. The van der Waals surface area contributed by atoms with Crippen molar-refractivity contribution in [2.45, 2.75) is 122 Å². The van der Waals surface area contributed by atoms with E-state index in [0.29, 0.717) is 0 Å². The number of aliphatic hydroxyl groups is 1. The Hall–Kier alpha value is -1.61. The Balaban J connectivity index is 1.92. The van der Waals surface area contributed by atoms with Crippen LogP contribution in [0.2, 0.25) is 0 Å². The fraction of sp³-hybridized carbons (Fsp3) is 0.700. The smallest absolute Gasteiger partial charge is 0.309 e.